The van der Waals surface area contributed by atoms with Gasteiger partial charge < -0.3 is 5.32 Å². The highest BCUT2D eigenvalue weighted by molar-refractivity contribution is 9.10. The summed E-state index contributed by atoms with van der Waals surface area (Å²) >= 11 is 9.43. The summed E-state index contributed by atoms with van der Waals surface area (Å²) in [6.07, 6.45) is 0. The highest BCUT2D eigenvalue weighted by Crippen LogP contribution is 2.24. The van der Waals surface area contributed by atoms with Crippen LogP contribution in [0.3, 0.4) is 0 Å². The van der Waals surface area contributed by atoms with E-state index in [0.29, 0.717) is 22.1 Å². The number of halogens is 2. The molecule has 24 heavy (non-hydrogen) atoms. The number of hydrogen-bond donors (Lipinski definition) is 1. The first-order chi connectivity index (χ1) is 11.4. The Hall–Kier alpha value is -2.18. The summed E-state index contributed by atoms with van der Waals surface area (Å²) < 4.78 is 0.815. The highest BCUT2D eigenvalue weighted by atomic mass is 79.9. The van der Waals surface area contributed by atoms with Gasteiger partial charge in [-0.3, -0.25) is 4.79 Å². The van der Waals surface area contributed by atoms with Crippen LogP contribution in [-0.4, -0.2) is 20.9 Å². The molecule has 7 heteroatoms. The molecule has 0 saturated carbocycles. The van der Waals surface area contributed by atoms with E-state index in [2.05, 4.69) is 31.4 Å². The third kappa shape index (κ3) is 3.49. The van der Waals surface area contributed by atoms with Crippen molar-refractivity contribution >= 4 is 39.1 Å². The quantitative estimate of drug-likeness (QED) is 0.695. The molecule has 5 nitrogen and oxygen atoms in total. The van der Waals surface area contributed by atoms with Gasteiger partial charge in [-0.1, -0.05) is 23.7 Å². The van der Waals surface area contributed by atoms with Crippen LogP contribution in [-0.2, 0) is 0 Å². The van der Waals surface area contributed by atoms with Gasteiger partial charge >= 0.3 is 0 Å². The van der Waals surface area contributed by atoms with Crippen LogP contribution in [0.4, 0.5) is 5.69 Å². The molecule has 0 aliphatic carbocycles. The number of aromatic nitrogens is 3. The molecule has 0 aliphatic heterocycles. The lowest BCUT2D eigenvalue weighted by Crippen LogP contribution is -2.14. The van der Waals surface area contributed by atoms with E-state index in [1.165, 1.54) is 4.80 Å². The first-order valence-corrected chi connectivity index (χ1v) is 8.38. The second kappa shape index (κ2) is 6.75. The molecule has 1 N–H and O–H groups in total. The molecule has 0 aliphatic rings. The van der Waals surface area contributed by atoms with Crippen LogP contribution in [0.2, 0.25) is 5.02 Å². The van der Waals surface area contributed by atoms with Gasteiger partial charge in [-0.05, 0) is 65.7 Å². The van der Waals surface area contributed by atoms with Crippen LogP contribution in [0.25, 0.3) is 5.69 Å². The van der Waals surface area contributed by atoms with Crippen molar-refractivity contribution in [3.05, 3.63) is 68.9 Å². The zero-order valence-electron chi connectivity index (χ0n) is 13.0. The molecule has 0 unspecified atom stereocenters. The van der Waals surface area contributed by atoms with Crippen molar-refractivity contribution in [1.82, 2.24) is 15.0 Å². The lowest BCUT2D eigenvalue weighted by Gasteiger charge is -2.06. The maximum Gasteiger partial charge on any atom is 0.278 e. The number of hydrogen-bond acceptors (Lipinski definition) is 3. The molecular weight excluding hydrogens is 392 g/mol. The lowest BCUT2D eigenvalue weighted by molar-refractivity contribution is 0.102. The summed E-state index contributed by atoms with van der Waals surface area (Å²) in [5.74, 6) is -0.315. The molecule has 2 aromatic carbocycles. The Bertz CT molecular complexity index is 923. The number of carbonyl (C=O) groups is 1. The summed E-state index contributed by atoms with van der Waals surface area (Å²) in [4.78, 5) is 13.9. The molecule has 3 aromatic rings. The SMILES string of the molecule is Cc1ccc(NC(=O)c2nn(-c3cccc(Cl)c3)nc2C)c(Br)c1. The number of aryl methyl sites for hydroxylation is 2. The smallest absolute Gasteiger partial charge is 0.278 e. The van der Waals surface area contributed by atoms with E-state index in [4.69, 9.17) is 11.6 Å². The van der Waals surface area contributed by atoms with E-state index < -0.39 is 0 Å². The fourth-order valence-electron chi connectivity index (χ4n) is 2.21. The van der Waals surface area contributed by atoms with Gasteiger partial charge in [0.2, 0.25) is 0 Å². The third-order valence-electron chi connectivity index (χ3n) is 3.41. The van der Waals surface area contributed by atoms with Crippen LogP contribution in [0.1, 0.15) is 21.7 Å². The second-order valence-corrected chi connectivity index (χ2v) is 6.63. The number of rotatable bonds is 3. The number of nitrogens with one attached hydrogen (secondary N) is 1. The molecule has 0 atom stereocenters. The largest absolute Gasteiger partial charge is 0.319 e. The molecule has 0 spiro atoms. The van der Waals surface area contributed by atoms with E-state index in [-0.39, 0.29) is 11.6 Å². The molecule has 0 saturated heterocycles. The van der Waals surface area contributed by atoms with Crippen LogP contribution >= 0.6 is 27.5 Å². The Morgan fingerprint density at radius 1 is 1.17 bits per heavy atom. The third-order valence-corrected chi connectivity index (χ3v) is 4.30. The van der Waals surface area contributed by atoms with E-state index >= 15 is 0 Å². The average Bonchev–Trinajstić information content (AvgIpc) is 2.92. The van der Waals surface area contributed by atoms with Crippen molar-refractivity contribution < 1.29 is 4.79 Å². The van der Waals surface area contributed by atoms with Crippen LogP contribution < -0.4 is 5.32 Å². The van der Waals surface area contributed by atoms with Crippen LogP contribution in [0.15, 0.2) is 46.9 Å². The monoisotopic (exact) mass is 404 g/mol. The number of amides is 1. The summed E-state index contributed by atoms with van der Waals surface area (Å²) in [5.41, 5.74) is 3.28. The zero-order chi connectivity index (χ0) is 17.3. The van der Waals surface area contributed by atoms with Crippen molar-refractivity contribution in [2.45, 2.75) is 13.8 Å². The van der Waals surface area contributed by atoms with Gasteiger partial charge in [0.1, 0.15) is 0 Å². The van der Waals surface area contributed by atoms with Gasteiger partial charge in [-0.2, -0.15) is 9.90 Å². The van der Waals surface area contributed by atoms with Crippen molar-refractivity contribution in [3.8, 4) is 5.69 Å². The predicted molar refractivity (Wildman–Crippen MR) is 97.9 cm³/mol. The number of anilines is 1. The Morgan fingerprint density at radius 3 is 2.67 bits per heavy atom. The fraction of sp³-hybridized carbons (Fsp3) is 0.118. The van der Waals surface area contributed by atoms with Gasteiger partial charge in [0.15, 0.2) is 5.69 Å². The van der Waals surface area contributed by atoms with Gasteiger partial charge in [0, 0.05) is 9.50 Å². The summed E-state index contributed by atoms with van der Waals surface area (Å²) in [7, 11) is 0. The van der Waals surface area contributed by atoms with Crippen molar-refractivity contribution in [2.24, 2.45) is 0 Å². The zero-order valence-corrected chi connectivity index (χ0v) is 15.4. The van der Waals surface area contributed by atoms with Gasteiger partial charge in [-0.25, -0.2) is 0 Å². The van der Waals surface area contributed by atoms with E-state index in [9.17, 15) is 4.79 Å². The fourth-order valence-corrected chi connectivity index (χ4v) is 2.98. The maximum absolute atomic E-state index is 12.5. The summed E-state index contributed by atoms with van der Waals surface area (Å²) in [6, 6.07) is 12.8. The molecule has 0 fully saturated rings. The molecular formula is C17H14BrClN4O. The molecule has 1 aromatic heterocycles. The van der Waals surface area contributed by atoms with Gasteiger partial charge in [0.25, 0.3) is 5.91 Å². The Labute approximate surface area is 152 Å². The van der Waals surface area contributed by atoms with Crippen molar-refractivity contribution in [2.75, 3.05) is 5.32 Å². The minimum absolute atomic E-state index is 0.266. The van der Waals surface area contributed by atoms with Crippen LogP contribution in [0, 0.1) is 13.8 Å². The topological polar surface area (TPSA) is 59.8 Å². The Kier molecular flexibility index (Phi) is 4.69. The minimum Gasteiger partial charge on any atom is -0.319 e. The molecule has 122 valence electrons. The lowest BCUT2D eigenvalue weighted by atomic mass is 10.2. The highest BCUT2D eigenvalue weighted by Gasteiger charge is 2.17. The number of nitrogens with zero attached hydrogens (tertiary/aromatic N) is 3. The Morgan fingerprint density at radius 2 is 1.96 bits per heavy atom. The first-order valence-electron chi connectivity index (χ1n) is 7.21. The van der Waals surface area contributed by atoms with Crippen molar-refractivity contribution in [3.63, 3.8) is 0 Å². The van der Waals surface area contributed by atoms with E-state index in [1.54, 1.807) is 25.1 Å². The molecule has 1 heterocycles. The second-order valence-electron chi connectivity index (χ2n) is 5.34. The average molecular weight is 406 g/mol. The summed E-state index contributed by atoms with van der Waals surface area (Å²) in [6.45, 7) is 3.73. The van der Waals surface area contributed by atoms with E-state index in [0.717, 1.165) is 10.0 Å². The number of carbonyl (C=O) groups excluding carboxylic acids is 1. The first kappa shape index (κ1) is 16.7. The maximum atomic E-state index is 12.5. The van der Waals surface area contributed by atoms with Gasteiger partial charge in [-0.15, -0.1) is 5.10 Å². The molecule has 1 amide bonds. The normalized spacial score (nSPS) is 10.7. The van der Waals surface area contributed by atoms with Gasteiger partial charge in [0.05, 0.1) is 17.1 Å². The number of benzene rings is 2. The van der Waals surface area contributed by atoms with Crippen molar-refractivity contribution in [1.29, 1.82) is 0 Å². The predicted octanol–water partition coefficient (Wildman–Crippen LogP) is 4.55. The minimum atomic E-state index is -0.315. The summed E-state index contributed by atoms with van der Waals surface area (Å²) in [5, 5.41) is 12.0. The molecule has 0 bridgehead atoms. The standard InChI is InChI=1S/C17H14BrClN4O/c1-10-6-7-15(14(18)8-10)20-17(24)16-11(2)21-23(22-16)13-5-3-4-12(19)9-13/h3-9H,1-2H3,(H,20,24). The molecule has 3 rings (SSSR count). The van der Waals surface area contributed by atoms with Crippen LogP contribution in [0.5, 0.6) is 0 Å². The molecule has 0 radical (unpaired) electrons. The van der Waals surface area contributed by atoms with E-state index in [1.807, 2.05) is 31.2 Å². The Balaban J connectivity index is 1.88.